The topological polar surface area (TPSA) is 58.4 Å². The average Bonchev–Trinajstić information content (AvgIpc) is 2.93. The largest absolute Gasteiger partial charge is 0.370 e. The Kier molecular flexibility index (Phi) is 8.63. The third kappa shape index (κ3) is 4.73. The number of para-hydroxylation sites is 1. The van der Waals surface area contributed by atoms with E-state index in [4.69, 9.17) is 5.73 Å². The number of hydrogen-bond acceptors (Lipinski definition) is 3. The van der Waals surface area contributed by atoms with Crippen molar-refractivity contribution in [2.75, 3.05) is 29.9 Å². The molecule has 21 heavy (non-hydrogen) atoms. The number of anilines is 2. The van der Waals surface area contributed by atoms with Crippen molar-refractivity contribution in [1.82, 2.24) is 0 Å². The Morgan fingerprint density at radius 3 is 2.57 bits per heavy atom. The Morgan fingerprint density at radius 2 is 2.00 bits per heavy atom. The lowest BCUT2D eigenvalue weighted by Gasteiger charge is -2.22. The van der Waals surface area contributed by atoms with E-state index < -0.39 is 5.82 Å². The maximum absolute atomic E-state index is 14.0. The van der Waals surface area contributed by atoms with Crippen molar-refractivity contribution in [3.63, 3.8) is 0 Å². The van der Waals surface area contributed by atoms with Gasteiger partial charge < -0.3 is 16.0 Å². The summed E-state index contributed by atoms with van der Waals surface area (Å²) in [6, 6.07) is 4.88. The van der Waals surface area contributed by atoms with E-state index in [9.17, 15) is 9.18 Å². The van der Waals surface area contributed by atoms with E-state index >= 15 is 0 Å². The molecule has 120 valence electrons. The molecule has 0 radical (unpaired) electrons. The van der Waals surface area contributed by atoms with Crippen LogP contribution < -0.4 is 16.0 Å². The molecule has 0 aliphatic carbocycles. The minimum absolute atomic E-state index is 0. The first-order valence-electron chi connectivity index (χ1n) is 6.68. The zero-order valence-electron chi connectivity index (χ0n) is 12.0. The highest BCUT2D eigenvalue weighted by atomic mass is 35.5. The third-order valence-electron chi connectivity index (χ3n) is 3.49. The van der Waals surface area contributed by atoms with Gasteiger partial charge in [0, 0.05) is 25.6 Å². The number of benzene rings is 1. The summed E-state index contributed by atoms with van der Waals surface area (Å²) in [5.74, 6) is -0.971. The van der Waals surface area contributed by atoms with Gasteiger partial charge in [0.2, 0.25) is 5.91 Å². The molecule has 0 spiro atoms. The predicted octanol–water partition coefficient (Wildman–Crippen LogP) is 2.80. The van der Waals surface area contributed by atoms with Crippen LogP contribution in [-0.2, 0) is 4.79 Å². The van der Waals surface area contributed by atoms with Crippen LogP contribution in [0, 0.1) is 11.7 Å². The molecule has 3 N–H and O–H groups in total. The fraction of sp³-hybridized carbons (Fsp3) is 0.500. The van der Waals surface area contributed by atoms with E-state index in [0.717, 1.165) is 31.6 Å². The zero-order valence-corrected chi connectivity index (χ0v) is 13.6. The monoisotopic (exact) mass is 337 g/mol. The van der Waals surface area contributed by atoms with Gasteiger partial charge in [-0.15, -0.1) is 24.8 Å². The van der Waals surface area contributed by atoms with Gasteiger partial charge >= 0.3 is 0 Å². The lowest BCUT2D eigenvalue weighted by Crippen LogP contribution is -2.28. The molecule has 1 aromatic carbocycles. The van der Waals surface area contributed by atoms with E-state index in [1.807, 2.05) is 6.07 Å². The number of carbonyl (C=O) groups excluding carboxylic acids is 1. The molecule has 1 saturated heterocycles. The van der Waals surface area contributed by atoms with Gasteiger partial charge in [0.05, 0.1) is 5.69 Å². The van der Waals surface area contributed by atoms with E-state index in [0.29, 0.717) is 0 Å². The third-order valence-corrected chi connectivity index (χ3v) is 3.49. The molecule has 1 atom stereocenters. The van der Waals surface area contributed by atoms with Crippen molar-refractivity contribution in [2.24, 2.45) is 11.7 Å². The molecule has 7 heteroatoms. The van der Waals surface area contributed by atoms with E-state index in [2.05, 4.69) is 10.2 Å². The van der Waals surface area contributed by atoms with Crippen LogP contribution in [0.3, 0.4) is 0 Å². The number of hydrogen-bond donors (Lipinski definition) is 2. The van der Waals surface area contributed by atoms with Crippen molar-refractivity contribution in [1.29, 1.82) is 0 Å². The molecule has 1 aromatic rings. The number of rotatable bonds is 4. The summed E-state index contributed by atoms with van der Waals surface area (Å²) in [4.78, 5) is 14.0. The summed E-state index contributed by atoms with van der Waals surface area (Å²) in [5.41, 5.74) is 6.49. The minimum Gasteiger partial charge on any atom is -0.370 e. The highest BCUT2D eigenvalue weighted by Crippen LogP contribution is 2.31. The second kappa shape index (κ2) is 9.07. The predicted molar refractivity (Wildman–Crippen MR) is 89.2 cm³/mol. The van der Waals surface area contributed by atoms with Gasteiger partial charge in [-0.1, -0.05) is 13.0 Å². The lowest BCUT2D eigenvalue weighted by molar-refractivity contribution is -0.119. The Balaban J connectivity index is 0.00000200. The molecule has 1 amide bonds. The maximum Gasteiger partial charge on any atom is 0.228 e. The molecule has 1 unspecified atom stereocenters. The molecule has 2 rings (SSSR count). The van der Waals surface area contributed by atoms with Crippen LogP contribution in [-0.4, -0.2) is 25.5 Å². The minimum atomic E-state index is -0.401. The Morgan fingerprint density at radius 1 is 1.38 bits per heavy atom. The van der Waals surface area contributed by atoms with E-state index in [1.165, 1.54) is 6.07 Å². The van der Waals surface area contributed by atoms with E-state index in [-0.39, 0.29) is 48.9 Å². The summed E-state index contributed by atoms with van der Waals surface area (Å²) >= 11 is 0. The van der Waals surface area contributed by atoms with Crippen LogP contribution >= 0.6 is 24.8 Å². The number of amides is 1. The molecule has 0 aromatic heterocycles. The van der Waals surface area contributed by atoms with Gasteiger partial charge in [-0.05, 0) is 25.0 Å². The van der Waals surface area contributed by atoms with Crippen LogP contribution in [0.4, 0.5) is 15.8 Å². The summed E-state index contributed by atoms with van der Waals surface area (Å²) in [6.45, 7) is 3.78. The summed E-state index contributed by atoms with van der Waals surface area (Å²) in [7, 11) is 0. The van der Waals surface area contributed by atoms with Crippen molar-refractivity contribution >= 4 is 42.1 Å². The molecule has 4 nitrogen and oxygen atoms in total. The molecule has 1 heterocycles. The molecule has 0 saturated carbocycles. The number of nitrogens with one attached hydrogen (secondary N) is 1. The van der Waals surface area contributed by atoms with Gasteiger partial charge in [-0.2, -0.15) is 0 Å². The molecular formula is C14H22Cl2FN3O. The second-order valence-corrected chi connectivity index (χ2v) is 4.95. The van der Waals surface area contributed by atoms with Gasteiger partial charge in [0.1, 0.15) is 11.5 Å². The first kappa shape index (κ1) is 20.0. The maximum atomic E-state index is 14.0. The number of halogens is 3. The smallest absolute Gasteiger partial charge is 0.228 e. The molecular weight excluding hydrogens is 316 g/mol. The van der Waals surface area contributed by atoms with Crippen molar-refractivity contribution in [2.45, 2.75) is 19.8 Å². The lowest BCUT2D eigenvalue weighted by atomic mass is 10.1. The number of carbonyl (C=O) groups is 1. The second-order valence-electron chi connectivity index (χ2n) is 4.95. The zero-order chi connectivity index (χ0) is 13.8. The average molecular weight is 338 g/mol. The highest BCUT2D eigenvalue weighted by Gasteiger charge is 2.21. The van der Waals surface area contributed by atoms with Gasteiger partial charge in [-0.3, -0.25) is 4.79 Å². The highest BCUT2D eigenvalue weighted by molar-refractivity contribution is 5.96. The van der Waals surface area contributed by atoms with Crippen LogP contribution in [0.5, 0.6) is 0 Å². The van der Waals surface area contributed by atoms with Crippen molar-refractivity contribution in [3.05, 3.63) is 24.0 Å². The SMILES string of the molecule is CC(CN)C(=O)Nc1c(F)cccc1N1CCCC1.Cl.Cl. The number of nitrogens with two attached hydrogens (primary N) is 1. The fourth-order valence-electron chi connectivity index (χ4n) is 2.21. The first-order valence-corrected chi connectivity index (χ1v) is 6.68. The first-order chi connectivity index (χ1) is 9.13. The number of nitrogens with zero attached hydrogens (tertiary/aromatic N) is 1. The molecule has 1 aliphatic heterocycles. The normalized spacial score (nSPS) is 14.9. The molecule has 1 fully saturated rings. The fourth-order valence-corrected chi connectivity index (χ4v) is 2.21. The van der Waals surface area contributed by atoms with Crippen LogP contribution in [0.1, 0.15) is 19.8 Å². The Bertz CT molecular complexity index is 468. The van der Waals surface area contributed by atoms with Crippen LogP contribution in [0.15, 0.2) is 18.2 Å². The van der Waals surface area contributed by atoms with Gasteiger partial charge in [-0.25, -0.2) is 4.39 Å². The van der Waals surface area contributed by atoms with Gasteiger partial charge in [0.25, 0.3) is 0 Å². The van der Waals surface area contributed by atoms with Crippen LogP contribution in [0.2, 0.25) is 0 Å². The molecule has 0 bridgehead atoms. The van der Waals surface area contributed by atoms with Crippen molar-refractivity contribution < 1.29 is 9.18 Å². The van der Waals surface area contributed by atoms with Crippen molar-refractivity contribution in [3.8, 4) is 0 Å². The standard InChI is InChI=1S/C14H20FN3O.2ClH/c1-10(9-16)14(19)17-13-11(15)5-4-6-12(13)18-7-2-3-8-18;;/h4-6,10H,2-3,7-9,16H2,1H3,(H,17,19);2*1H. The van der Waals surface area contributed by atoms with Gasteiger partial charge in [0.15, 0.2) is 0 Å². The summed E-state index contributed by atoms with van der Waals surface area (Å²) in [6.07, 6.45) is 2.20. The quantitative estimate of drug-likeness (QED) is 0.888. The summed E-state index contributed by atoms with van der Waals surface area (Å²) < 4.78 is 14.0. The summed E-state index contributed by atoms with van der Waals surface area (Å²) in [5, 5.41) is 2.67. The van der Waals surface area contributed by atoms with Crippen LogP contribution in [0.25, 0.3) is 0 Å². The van der Waals surface area contributed by atoms with E-state index in [1.54, 1.807) is 13.0 Å². The molecule has 1 aliphatic rings. The Hall–Kier alpha value is -1.04. The Labute approximate surface area is 137 Å².